The van der Waals surface area contributed by atoms with Gasteiger partial charge < -0.3 is 19.2 Å². The molecule has 0 fully saturated rings. The highest BCUT2D eigenvalue weighted by Gasteiger charge is 2.22. The molecular weight excluding hydrogens is 258 g/mol. The molecule has 0 bridgehead atoms. The van der Waals surface area contributed by atoms with Gasteiger partial charge in [0.05, 0.1) is 26.1 Å². The molecule has 6 heteroatoms. The molecule has 6 nitrogen and oxygen atoms in total. The molecule has 1 atom stereocenters. The van der Waals surface area contributed by atoms with E-state index in [0.717, 1.165) is 12.3 Å². The Morgan fingerprint density at radius 3 is 2.80 bits per heavy atom. The van der Waals surface area contributed by atoms with Crippen molar-refractivity contribution in [1.29, 1.82) is 0 Å². The van der Waals surface area contributed by atoms with Crippen LogP contribution in [0.2, 0.25) is 0 Å². The van der Waals surface area contributed by atoms with Crippen molar-refractivity contribution in [3.8, 4) is 5.75 Å². The van der Waals surface area contributed by atoms with Crippen molar-refractivity contribution in [3.63, 3.8) is 0 Å². The first-order chi connectivity index (χ1) is 9.52. The molecule has 2 heterocycles. The summed E-state index contributed by atoms with van der Waals surface area (Å²) in [5.41, 5.74) is 1.35. The fourth-order valence-corrected chi connectivity index (χ4v) is 2.05. The largest absolute Gasteiger partial charge is 0.493 e. The fourth-order valence-electron chi connectivity index (χ4n) is 2.05. The minimum atomic E-state index is -0.813. The maximum Gasteiger partial charge on any atom is 0.163 e. The third kappa shape index (κ3) is 3.02. The van der Waals surface area contributed by atoms with E-state index < -0.39 is 6.10 Å². The molecular formula is C14H21N3O3. The molecule has 0 aliphatic carbocycles. The van der Waals surface area contributed by atoms with E-state index in [4.69, 9.17) is 9.15 Å². The number of aliphatic hydroxyl groups excluding tert-OH is 1. The molecule has 0 saturated heterocycles. The summed E-state index contributed by atoms with van der Waals surface area (Å²) in [5, 5.41) is 14.8. The zero-order valence-corrected chi connectivity index (χ0v) is 12.3. The van der Waals surface area contributed by atoms with Gasteiger partial charge in [0.25, 0.3) is 0 Å². The van der Waals surface area contributed by atoms with Crippen molar-refractivity contribution >= 4 is 0 Å². The summed E-state index contributed by atoms with van der Waals surface area (Å²) in [6.07, 6.45) is 2.37. The number of hydrogen-bond donors (Lipinski definition) is 1. The van der Waals surface area contributed by atoms with Crippen LogP contribution in [-0.2, 0) is 6.54 Å². The zero-order valence-electron chi connectivity index (χ0n) is 12.3. The van der Waals surface area contributed by atoms with Gasteiger partial charge >= 0.3 is 0 Å². The normalized spacial score (nSPS) is 12.9. The number of nitrogens with zero attached hydrogens (tertiary/aromatic N) is 3. The van der Waals surface area contributed by atoms with Gasteiger partial charge in [-0.15, -0.1) is 0 Å². The highest BCUT2D eigenvalue weighted by Crippen LogP contribution is 2.30. The van der Waals surface area contributed by atoms with Crippen LogP contribution < -0.4 is 4.74 Å². The molecule has 0 aliphatic heterocycles. The Balaban J connectivity index is 2.30. The molecule has 0 saturated carbocycles. The van der Waals surface area contributed by atoms with Gasteiger partial charge in [-0.05, 0) is 27.1 Å². The third-order valence-corrected chi connectivity index (χ3v) is 3.15. The van der Waals surface area contributed by atoms with E-state index in [9.17, 15) is 5.11 Å². The minimum absolute atomic E-state index is 0.579. The van der Waals surface area contributed by atoms with Crippen LogP contribution in [0.1, 0.15) is 23.1 Å². The molecule has 0 aliphatic rings. The molecule has 2 aromatic heterocycles. The van der Waals surface area contributed by atoms with E-state index in [0.29, 0.717) is 23.6 Å². The lowest BCUT2D eigenvalue weighted by atomic mass is 10.1. The first-order valence-corrected chi connectivity index (χ1v) is 6.50. The summed E-state index contributed by atoms with van der Waals surface area (Å²) in [6, 6.07) is 1.81. The van der Waals surface area contributed by atoms with Gasteiger partial charge in [-0.3, -0.25) is 4.68 Å². The zero-order chi connectivity index (χ0) is 14.7. The van der Waals surface area contributed by atoms with Gasteiger partial charge in [-0.1, -0.05) is 0 Å². The van der Waals surface area contributed by atoms with Crippen molar-refractivity contribution in [1.82, 2.24) is 14.7 Å². The SMILES string of the molecule is COc1cnn(CCN(C)C)c1C(O)c1coc(C)c1. The van der Waals surface area contributed by atoms with Gasteiger partial charge in [0.1, 0.15) is 17.6 Å². The molecule has 0 spiro atoms. The number of aliphatic hydroxyl groups is 1. The number of rotatable bonds is 6. The van der Waals surface area contributed by atoms with Crippen molar-refractivity contribution in [3.05, 3.63) is 35.5 Å². The van der Waals surface area contributed by atoms with E-state index in [-0.39, 0.29) is 0 Å². The van der Waals surface area contributed by atoms with Crippen LogP contribution in [-0.4, -0.2) is 47.5 Å². The van der Waals surface area contributed by atoms with Crippen molar-refractivity contribution in [2.24, 2.45) is 0 Å². The molecule has 1 unspecified atom stereocenters. The smallest absolute Gasteiger partial charge is 0.163 e. The molecule has 0 aromatic carbocycles. The number of methoxy groups -OCH3 is 1. The van der Waals surface area contributed by atoms with Crippen LogP contribution >= 0.6 is 0 Å². The van der Waals surface area contributed by atoms with E-state index in [1.54, 1.807) is 24.3 Å². The Kier molecular flexibility index (Phi) is 4.46. The van der Waals surface area contributed by atoms with Gasteiger partial charge in [-0.25, -0.2) is 0 Å². The Labute approximate surface area is 118 Å². The summed E-state index contributed by atoms with van der Waals surface area (Å²) < 4.78 is 12.3. The summed E-state index contributed by atoms with van der Waals surface area (Å²) in [6.45, 7) is 3.35. The molecule has 2 aromatic rings. The summed E-state index contributed by atoms with van der Waals surface area (Å²) in [7, 11) is 5.57. The molecule has 1 N–H and O–H groups in total. The Hall–Kier alpha value is -1.79. The maximum absolute atomic E-state index is 10.5. The fraction of sp³-hybridized carbons (Fsp3) is 0.500. The monoisotopic (exact) mass is 279 g/mol. The Morgan fingerprint density at radius 2 is 2.25 bits per heavy atom. The van der Waals surface area contributed by atoms with Gasteiger partial charge in [0, 0.05) is 12.1 Å². The van der Waals surface area contributed by atoms with E-state index in [1.807, 2.05) is 27.1 Å². The van der Waals surface area contributed by atoms with Crippen molar-refractivity contribution < 1.29 is 14.3 Å². The summed E-state index contributed by atoms with van der Waals surface area (Å²) >= 11 is 0. The molecule has 110 valence electrons. The Morgan fingerprint density at radius 1 is 1.50 bits per heavy atom. The predicted molar refractivity (Wildman–Crippen MR) is 74.8 cm³/mol. The van der Waals surface area contributed by atoms with Crippen LogP contribution in [0, 0.1) is 6.92 Å². The van der Waals surface area contributed by atoms with Crippen LogP contribution in [0.5, 0.6) is 5.75 Å². The van der Waals surface area contributed by atoms with Gasteiger partial charge in [-0.2, -0.15) is 5.10 Å². The van der Waals surface area contributed by atoms with Crippen LogP contribution in [0.4, 0.5) is 0 Å². The van der Waals surface area contributed by atoms with Crippen LogP contribution in [0.25, 0.3) is 0 Å². The van der Waals surface area contributed by atoms with E-state index in [2.05, 4.69) is 10.00 Å². The third-order valence-electron chi connectivity index (χ3n) is 3.15. The summed E-state index contributed by atoms with van der Waals surface area (Å²) in [5.74, 6) is 1.34. The average Bonchev–Trinajstić information content (AvgIpc) is 3.01. The highest BCUT2D eigenvalue weighted by molar-refractivity contribution is 5.34. The van der Waals surface area contributed by atoms with E-state index >= 15 is 0 Å². The number of hydrogen-bond acceptors (Lipinski definition) is 5. The Bertz CT molecular complexity index is 560. The lowest BCUT2D eigenvalue weighted by molar-refractivity contribution is 0.199. The first kappa shape index (κ1) is 14.6. The number of likely N-dealkylation sites (N-methyl/N-ethyl adjacent to an activating group) is 1. The number of aryl methyl sites for hydroxylation is 1. The van der Waals surface area contributed by atoms with Crippen molar-refractivity contribution in [2.75, 3.05) is 27.7 Å². The number of ether oxygens (including phenoxy) is 1. The lowest BCUT2D eigenvalue weighted by Gasteiger charge is -2.15. The molecule has 0 radical (unpaired) electrons. The summed E-state index contributed by atoms with van der Waals surface area (Å²) in [4.78, 5) is 2.06. The topological polar surface area (TPSA) is 63.7 Å². The van der Waals surface area contributed by atoms with Crippen LogP contribution in [0.15, 0.2) is 22.9 Å². The molecule has 2 rings (SSSR count). The van der Waals surface area contributed by atoms with Crippen LogP contribution in [0.3, 0.4) is 0 Å². The first-order valence-electron chi connectivity index (χ1n) is 6.50. The second kappa shape index (κ2) is 6.11. The quantitative estimate of drug-likeness (QED) is 0.866. The second-order valence-electron chi connectivity index (χ2n) is 5.02. The highest BCUT2D eigenvalue weighted by atomic mass is 16.5. The van der Waals surface area contributed by atoms with Gasteiger partial charge in [0.2, 0.25) is 0 Å². The molecule has 20 heavy (non-hydrogen) atoms. The van der Waals surface area contributed by atoms with E-state index in [1.165, 1.54) is 0 Å². The standard InChI is InChI=1S/C14H21N3O3/c1-10-7-11(9-20-10)14(18)13-12(19-4)8-15-17(13)6-5-16(2)3/h7-9,14,18H,5-6H2,1-4H3. The maximum atomic E-state index is 10.5. The number of furan rings is 1. The van der Waals surface area contributed by atoms with Gasteiger partial charge in [0.15, 0.2) is 5.75 Å². The molecule has 0 amide bonds. The predicted octanol–water partition coefficient (Wildman–Crippen LogP) is 1.44. The van der Waals surface area contributed by atoms with Crippen molar-refractivity contribution in [2.45, 2.75) is 19.6 Å². The minimum Gasteiger partial charge on any atom is -0.493 e. The lowest BCUT2D eigenvalue weighted by Crippen LogP contribution is -2.21. The second-order valence-corrected chi connectivity index (χ2v) is 5.02. The average molecular weight is 279 g/mol. The number of aromatic nitrogens is 2.